The molecule has 0 atom stereocenters. The maximum atomic E-state index is 13.0. The first-order valence-electron chi connectivity index (χ1n) is 9.80. The molecule has 1 aliphatic heterocycles. The first-order valence-corrected chi connectivity index (χ1v) is 9.80. The molecule has 1 saturated heterocycles. The molecule has 2 fully saturated rings. The van der Waals surface area contributed by atoms with Crippen molar-refractivity contribution < 1.29 is 9.59 Å². The van der Waals surface area contributed by atoms with E-state index in [2.05, 4.69) is 5.32 Å². The fraction of sp³-hybridized carbons (Fsp3) is 0.455. The SMILES string of the molecule is O=C(NC1CCCC1)C1CCN(C(=O)c2cccc3ccccc23)CC1. The third-order valence-corrected chi connectivity index (χ3v) is 5.87. The number of hydrogen-bond donors (Lipinski definition) is 1. The van der Waals surface area contributed by atoms with E-state index in [-0.39, 0.29) is 17.7 Å². The van der Waals surface area contributed by atoms with Crippen molar-refractivity contribution in [3.63, 3.8) is 0 Å². The number of amides is 2. The molecule has 4 rings (SSSR count). The van der Waals surface area contributed by atoms with Gasteiger partial charge in [0.1, 0.15) is 0 Å². The van der Waals surface area contributed by atoms with E-state index in [4.69, 9.17) is 0 Å². The number of nitrogens with one attached hydrogen (secondary N) is 1. The number of rotatable bonds is 3. The Balaban J connectivity index is 1.39. The van der Waals surface area contributed by atoms with E-state index in [1.54, 1.807) is 0 Å². The van der Waals surface area contributed by atoms with Gasteiger partial charge in [0.2, 0.25) is 5.91 Å². The second-order valence-corrected chi connectivity index (χ2v) is 7.58. The fourth-order valence-corrected chi connectivity index (χ4v) is 4.32. The highest BCUT2D eigenvalue weighted by Crippen LogP contribution is 2.24. The molecular formula is C22H26N2O2. The van der Waals surface area contributed by atoms with Gasteiger partial charge in [-0.2, -0.15) is 0 Å². The Morgan fingerprint density at radius 2 is 1.58 bits per heavy atom. The lowest BCUT2D eigenvalue weighted by Gasteiger charge is -2.32. The summed E-state index contributed by atoms with van der Waals surface area (Å²) in [6.45, 7) is 1.32. The highest BCUT2D eigenvalue weighted by molar-refractivity contribution is 6.07. The molecule has 0 radical (unpaired) electrons. The van der Waals surface area contributed by atoms with E-state index in [1.807, 2.05) is 47.4 Å². The topological polar surface area (TPSA) is 49.4 Å². The minimum atomic E-state index is 0.0483. The monoisotopic (exact) mass is 350 g/mol. The van der Waals surface area contributed by atoms with Crippen molar-refractivity contribution in [2.45, 2.75) is 44.6 Å². The molecule has 0 aromatic heterocycles. The Bertz CT molecular complexity index is 797. The lowest BCUT2D eigenvalue weighted by Crippen LogP contribution is -2.44. The van der Waals surface area contributed by atoms with Gasteiger partial charge in [-0.25, -0.2) is 0 Å². The van der Waals surface area contributed by atoms with Crippen molar-refractivity contribution in [3.8, 4) is 0 Å². The Morgan fingerprint density at radius 1 is 0.885 bits per heavy atom. The number of benzene rings is 2. The first kappa shape index (κ1) is 17.1. The quantitative estimate of drug-likeness (QED) is 0.916. The van der Waals surface area contributed by atoms with Crippen LogP contribution in [0.3, 0.4) is 0 Å². The summed E-state index contributed by atoms with van der Waals surface area (Å²) in [6, 6.07) is 14.3. The molecule has 1 N–H and O–H groups in total. The van der Waals surface area contributed by atoms with Crippen molar-refractivity contribution in [1.82, 2.24) is 10.2 Å². The molecule has 26 heavy (non-hydrogen) atoms. The molecule has 4 nitrogen and oxygen atoms in total. The standard InChI is InChI=1S/C22H26N2O2/c25-21(23-18-8-2-3-9-18)17-12-14-24(15-13-17)22(26)20-11-5-7-16-6-1-4-10-19(16)20/h1,4-7,10-11,17-18H,2-3,8-9,12-15H2,(H,23,25). The molecule has 2 amide bonds. The zero-order valence-corrected chi connectivity index (χ0v) is 15.1. The van der Waals surface area contributed by atoms with E-state index in [1.165, 1.54) is 12.8 Å². The minimum Gasteiger partial charge on any atom is -0.353 e. The summed E-state index contributed by atoms with van der Waals surface area (Å²) < 4.78 is 0. The predicted molar refractivity (Wildman–Crippen MR) is 103 cm³/mol. The Kier molecular flexibility index (Phi) is 4.91. The normalized spacial score (nSPS) is 19.0. The maximum absolute atomic E-state index is 13.0. The Morgan fingerprint density at radius 3 is 2.35 bits per heavy atom. The summed E-state index contributed by atoms with van der Waals surface area (Å²) >= 11 is 0. The number of carbonyl (C=O) groups excluding carboxylic acids is 2. The number of nitrogens with zero attached hydrogens (tertiary/aromatic N) is 1. The number of piperidine rings is 1. The molecule has 2 aromatic carbocycles. The molecule has 0 spiro atoms. The summed E-state index contributed by atoms with van der Waals surface area (Å²) in [4.78, 5) is 27.4. The van der Waals surface area contributed by atoms with Crippen LogP contribution >= 0.6 is 0 Å². The van der Waals surface area contributed by atoms with Gasteiger partial charge in [-0.05, 0) is 42.5 Å². The van der Waals surface area contributed by atoms with E-state index >= 15 is 0 Å². The van der Waals surface area contributed by atoms with Gasteiger partial charge in [0.25, 0.3) is 5.91 Å². The predicted octanol–water partition coefficient (Wildman–Crippen LogP) is 3.75. The molecule has 2 aliphatic rings. The van der Waals surface area contributed by atoms with Gasteiger partial charge in [-0.15, -0.1) is 0 Å². The van der Waals surface area contributed by atoms with Crippen LogP contribution in [0.25, 0.3) is 10.8 Å². The molecule has 0 unspecified atom stereocenters. The van der Waals surface area contributed by atoms with Crippen LogP contribution in [0.15, 0.2) is 42.5 Å². The van der Waals surface area contributed by atoms with Gasteiger partial charge >= 0.3 is 0 Å². The molecular weight excluding hydrogens is 324 g/mol. The van der Waals surface area contributed by atoms with Gasteiger partial charge in [-0.3, -0.25) is 9.59 Å². The highest BCUT2D eigenvalue weighted by Gasteiger charge is 2.29. The van der Waals surface area contributed by atoms with Crippen LogP contribution in [0.1, 0.15) is 48.9 Å². The average molecular weight is 350 g/mol. The molecule has 1 heterocycles. The number of likely N-dealkylation sites (tertiary alicyclic amines) is 1. The van der Waals surface area contributed by atoms with Gasteiger partial charge in [-0.1, -0.05) is 49.2 Å². The van der Waals surface area contributed by atoms with E-state index in [9.17, 15) is 9.59 Å². The van der Waals surface area contributed by atoms with Crippen LogP contribution in [0.2, 0.25) is 0 Å². The van der Waals surface area contributed by atoms with Crippen molar-refractivity contribution >= 4 is 22.6 Å². The van der Waals surface area contributed by atoms with Gasteiger partial charge in [0.05, 0.1) is 0 Å². The largest absolute Gasteiger partial charge is 0.353 e. The van der Waals surface area contributed by atoms with E-state index < -0.39 is 0 Å². The third-order valence-electron chi connectivity index (χ3n) is 5.87. The summed E-state index contributed by atoms with van der Waals surface area (Å²) in [5, 5.41) is 5.29. The second kappa shape index (κ2) is 7.48. The smallest absolute Gasteiger partial charge is 0.254 e. The van der Waals surface area contributed by atoms with Crippen LogP contribution in [-0.4, -0.2) is 35.8 Å². The van der Waals surface area contributed by atoms with Crippen LogP contribution in [0.4, 0.5) is 0 Å². The molecule has 136 valence electrons. The first-order chi connectivity index (χ1) is 12.7. The third kappa shape index (κ3) is 3.46. The Labute approximate surface area is 154 Å². The average Bonchev–Trinajstić information content (AvgIpc) is 3.20. The van der Waals surface area contributed by atoms with Gasteiger partial charge in [0.15, 0.2) is 0 Å². The fourth-order valence-electron chi connectivity index (χ4n) is 4.32. The highest BCUT2D eigenvalue weighted by atomic mass is 16.2. The number of hydrogen-bond acceptors (Lipinski definition) is 2. The molecule has 4 heteroatoms. The molecule has 2 aromatic rings. The van der Waals surface area contributed by atoms with Crippen LogP contribution in [0.5, 0.6) is 0 Å². The lowest BCUT2D eigenvalue weighted by atomic mass is 9.94. The lowest BCUT2D eigenvalue weighted by molar-refractivity contribution is -0.127. The van der Waals surface area contributed by atoms with Gasteiger partial charge in [0, 0.05) is 30.6 Å². The molecule has 1 saturated carbocycles. The Hall–Kier alpha value is -2.36. The van der Waals surface area contributed by atoms with E-state index in [0.29, 0.717) is 19.1 Å². The summed E-state index contributed by atoms with van der Waals surface area (Å²) in [5.41, 5.74) is 0.761. The zero-order chi connectivity index (χ0) is 17.9. The second-order valence-electron chi connectivity index (χ2n) is 7.58. The molecule has 1 aliphatic carbocycles. The minimum absolute atomic E-state index is 0.0483. The molecule has 0 bridgehead atoms. The van der Waals surface area contributed by atoms with Gasteiger partial charge < -0.3 is 10.2 Å². The van der Waals surface area contributed by atoms with E-state index in [0.717, 1.165) is 42.0 Å². The summed E-state index contributed by atoms with van der Waals surface area (Å²) in [5.74, 6) is 0.317. The summed E-state index contributed by atoms with van der Waals surface area (Å²) in [6.07, 6.45) is 6.20. The van der Waals surface area contributed by atoms with Crippen LogP contribution < -0.4 is 5.32 Å². The van der Waals surface area contributed by atoms with Crippen molar-refractivity contribution in [2.24, 2.45) is 5.92 Å². The van der Waals surface area contributed by atoms with Crippen molar-refractivity contribution in [3.05, 3.63) is 48.0 Å². The summed E-state index contributed by atoms with van der Waals surface area (Å²) in [7, 11) is 0. The number of carbonyl (C=O) groups is 2. The van der Waals surface area contributed by atoms with Crippen LogP contribution in [-0.2, 0) is 4.79 Å². The number of fused-ring (bicyclic) bond motifs is 1. The van der Waals surface area contributed by atoms with Crippen molar-refractivity contribution in [1.29, 1.82) is 0 Å². The maximum Gasteiger partial charge on any atom is 0.254 e. The zero-order valence-electron chi connectivity index (χ0n) is 15.1. The van der Waals surface area contributed by atoms with Crippen LogP contribution in [0, 0.1) is 5.92 Å². The van der Waals surface area contributed by atoms with Crippen molar-refractivity contribution in [2.75, 3.05) is 13.1 Å².